The van der Waals surface area contributed by atoms with Gasteiger partial charge in [0.05, 0.1) is 49.2 Å². The predicted octanol–water partition coefficient (Wildman–Crippen LogP) is 5.17. The molecule has 1 fully saturated rings. The number of rotatable bonds is 8. The van der Waals surface area contributed by atoms with Gasteiger partial charge in [-0.3, -0.25) is 10.3 Å². The number of nitrogens with zero attached hydrogens (tertiary/aromatic N) is 5. The van der Waals surface area contributed by atoms with Crippen LogP contribution in [0.3, 0.4) is 0 Å². The average Bonchev–Trinajstić information content (AvgIpc) is 3.25. The second kappa shape index (κ2) is 11.3. The maximum Gasteiger partial charge on any atom is 0.233 e. The fourth-order valence-corrected chi connectivity index (χ4v) is 5.34. The van der Waals surface area contributed by atoms with Crippen LogP contribution in [-0.2, 0) is 42.1 Å². The summed E-state index contributed by atoms with van der Waals surface area (Å²) >= 11 is 12.3. The molecule has 4 aromatic rings. The number of hydrogen-bond acceptors (Lipinski definition) is 8. The van der Waals surface area contributed by atoms with Crippen LogP contribution in [0.4, 0.5) is 4.39 Å². The second-order valence-corrected chi connectivity index (χ2v) is 10.7. The number of pyridine rings is 2. The maximum atomic E-state index is 14.2. The minimum atomic E-state index is -0.440. The number of nitrogens with one attached hydrogen (secondary N) is 1. The van der Waals surface area contributed by atoms with Gasteiger partial charge in [-0.05, 0) is 42.7 Å². The lowest BCUT2D eigenvalue weighted by Crippen LogP contribution is -2.34. The summed E-state index contributed by atoms with van der Waals surface area (Å²) in [6.07, 6.45) is 3.67. The smallest absolute Gasteiger partial charge is 0.233 e. The van der Waals surface area contributed by atoms with Gasteiger partial charge >= 0.3 is 0 Å². The molecule has 208 valence electrons. The van der Waals surface area contributed by atoms with E-state index in [1.165, 1.54) is 13.2 Å². The highest BCUT2D eigenvalue weighted by Gasteiger charge is 2.26. The topological polar surface area (TPSA) is 98.4 Å². The third-order valence-electron chi connectivity index (χ3n) is 7.26. The number of halogens is 3. The first-order chi connectivity index (χ1) is 19.4. The highest BCUT2D eigenvalue weighted by Crippen LogP contribution is 2.30. The highest BCUT2D eigenvalue weighted by molar-refractivity contribution is 6.32. The lowest BCUT2D eigenvalue weighted by molar-refractivity contribution is -0.0592. The Bertz CT molecular complexity index is 1590. The van der Waals surface area contributed by atoms with Crippen molar-refractivity contribution < 1.29 is 18.6 Å². The van der Waals surface area contributed by atoms with E-state index in [1.54, 1.807) is 24.4 Å². The van der Waals surface area contributed by atoms with Crippen molar-refractivity contribution in [1.82, 2.24) is 24.4 Å². The minimum Gasteiger partial charge on any atom is -0.480 e. The summed E-state index contributed by atoms with van der Waals surface area (Å²) in [5.74, 6) is 0.713. The molecule has 1 saturated heterocycles. The molecule has 9 nitrogen and oxygen atoms in total. The monoisotopic (exact) mass is 584 g/mol. The van der Waals surface area contributed by atoms with Gasteiger partial charge in [0.1, 0.15) is 29.0 Å². The van der Waals surface area contributed by atoms with Crippen molar-refractivity contribution in [2.24, 2.45) is 0 Å². The van der Waals surface area contributed by atoms with E-state index in [9.17, 15) is 4.39 Å². The average molecular weight is 585 g/mol. The summed E-state index contributed by atoms with van der Waals surface area (Å²) in [6.45, 7) is 3.43. The Morgan fingerprint density at radius 2 is 2.08 bits per heavy atom. The van der Waals surface area contributed by atoms with E-state index in [0.717, 1.165) is 54.1 Å². The molecule has 0 spiro atoms. The van der Waals surface area contributed by atoms with E-state index >= 15 is 0 Å². The first-order valence-corrected chi connectivity index (χ1v) is 13.7. The molecule has 0 radical (unpaired) electrons. The number of imidazole rings is 1. The van der Waals surface area contributed by atoms with E-state index in [4.69, 9.17) is 52.8 Å². The largest absolute Gasteiger partial charge is 0.480 e. The lowest BCUT2D eigenvalue weighted by atomic mass is 10.1. The van der Waals surface area contributed by atoms with Crippen molar-refractivity contribution in [3.05, 3.63) is 80.7 Å². The molecule has 1 N–H and O–H groups in total. The number of hydrogen-bond donors (Lipinski definition) is 1. The maximum absolute atomic E-state index is 14.2. The van der Waals surface area contributed by atoms with Gasteiger partial charge in [-0.2, -0.15) is 0 Å². The van der Waals surface area contributed by atoms with Gasteiger partial charge in [0.2, 0.25) is 11.8 Å². The number of benzene rings is 1. The normalized spacial score (nSPS) is 16.9. The molecule has 0 unspecified atom stereocenters. The van der Waals surface area contributed by atoms with Crippen LogP contribution in [0.2, 0.25) is 10.0 Å². The van der Waals surface area contributed by atoms with Crippen LogP contribution >= 0.6 is 23.2 Å². The molecule has 12 heteroatoms. The van der Waals surface area contributed by atoms with E-state index in [-0.39, 0.29) is 24.5 Å². The lowest BCUT2D eigenvalue weighted by Gasteiger charge is -2.30. The minimum absolute atomic E-state index is 0.00507. The fourth-order valence-electron chi connectivity index (χ4n) is 4.95. The zero-order valence-corrected chi connectivity index (χ0v) is 23.3. The van der Waals surface area contributed by atoms with Gasteiger partial charge < -0.3 is 18.8 Å². The molecule has 6 rings (SSSR count). The van der Waals surface area contributed by atoms with Gasteiger partial charge in [-0.25, -0.2) is 19.3 Å². The van der Waals surface area contributed by atoms with Crippen molar-refractivity contribution in [2.75, 3.05) is 20.3 Å². The summed E-state index contributed by atoms with van der Waals surface area (Å²) in [5, 5.41) is 8.69. The molecule has 40 heavy (non-hydrogen) atoms. The van der Waals surface area contributed by atoms with E-state index in [1.807, 2.05) is 6.07 Å². The van der Waals surface area contributed by atoms with Gasteiger partial charge in [0.15, 0.2) is 0 Å². The summed E-state index contributed by atoms with van der Waals surface area (Å²) in [4.78, 5) is 16.3. The van der Waals surface area contributed by atoms with Crippen molar-refractivity contribution >= 4 is 40.1 Å². The fraction of sp³-hybridized carbons (Fsp3) is 0.357. The second-order valence-electron chi connectivity index (χ2n) is 9.88. The van der Waals surface area contributed by atoms with Crippen LogP contribution in [0.15, 0.2) is 36.5 Å². The number of aromatic nitrogens is 4. The summed E-state index contributed by atoms with van der Waals surface area (Å²) in [6, 6.07) is 8.12. The number of fused-ring (bicyclic) bond motifs is 2. The van der Waals surface area contributed by atoms with E-state index in [2.05, 4.69) is 14.5 Å². The van der Waals surface area contributed by atoms with Gasteiger partial charge in [0.25, 0.3) is 0 Å². The van der Waals surface area contributed by atoms with Crippen LogP contribution in [0, 0.1) is 11.2 Å². The van der Waals surface area contributed by atoms with Gasteiger partial charge in [0, 0.05) is 30.3 Å². The van der Waals surface area contributed by atoms with Crippen molar-refractivity contribution in [1.29, 1.82) is 5.41 Å². The van der Waals surface area contributed by atoms with Crippen molar-refractivity contribution in [3.63, 3.8) is 0 Å². The van der Waals surface area contributed by atoms with E-state index in [0.29, 0.717) is 40.9 Å². The Kier molecular flexibility index (Phi) is 7.59. The quantitative estimate of drug-likeness (QED) is 0.225. The van der Waals surface area contributed by atoms with Crippen LogP contribution in [0.5, 0.6) is 5.88 Å². The molecular weight excluding hydrogens is 558 g/mol. The Balaban J connectivity index is 1.22. The van der Waals surface area contributed by atoms with E-state index < -0.39 is 5.82 Å². The molecular formula is C28H27Cl2FN6O3. The molecule has 0 aliphatic carbocycles. The Morgan fingerprint density at radius 3 is 2.83 bits per heavy atom. The predicted molar refractivity (Wildman–Crippen MR) is 149 cm³/mol. The van der Waals surface area contributed by atoms with Crippen molar-refractivity contribution in [2.45, 2.75) is 45.2 Å². The Hall–Kier alpha value is -3.31. The highest BCUT2D eigenvalue weighted by atomic mass is 35.5. The van der Waals surface area contributed by atoms with Crippen LogP contribution in [-0.4, -0.2) is 56.7 Å². The summed E-state index contributed by atoms with van der Waals surface area (Å²) < 4.78 is 33.0. The first kappa shape index (κ1) is 26.9. The molecule has 1 atom stereocenters. The zero-order chi connectivity index (χ0) is 27.8. The number of methoxy groups -OCH3 is 1. The molecule has 1 aromatic carbocycles. The van der Waals surface area contributed by atoms with Crippen LogP contribution < -0.4 is 4.74 Å². The third-order valence-corrected chi connectivity index (χ3v) is 7.76. The van der Waals surface area contributed by atoms with Gasteiger partial charge in [-0.15, -0.1) is 0 Å². The van der Waals surface area contributed by atoms with Crippen LogP contribution in [0.25, 0.3) is 11.0 Å². The Labute approximate surface area is 240 Å². The molecule has 2 aliphatic rings. The number of ether oxygens (including phenoxy) is 3. The molecule has 5 heterocycles. The first-order valence-electron chi connectivity index (χ1n) is 12.9. The zero-order valence-electron chi connectivity index (χ0n) is 21.8. The SMILES string of the molecule is COC(=N)c1cc2nc(CN3CCc4cc(Cl)c(OCc5ccc(Cl)cc5F)nc4C3)n(C[C@@H]3CCO3)c2cn1. The third kappa shape index (κ3) is 5.49. The Morgan fingerprint density at radius 1 is 1.23 bits per heavy atom. The summed E-state index contributed by atoms with van der Waals surface area (Å²) in [5.41, 5.74) is 4.39. The molecule has 3 aromatic heterocycles. The van der Waals surface area contributed by atoms with Gasteiger partial charge in [-0.1, -0.05) is 29.3 Å². The van der Waals surface area contributed by atoms with Crippen molar-refractivity contribution in [3.8, 4) is 5.88 Å². The summed E-state index contributed by atoms with van der Waals surface area (Å²) in [7, 11) is 1.45. The standard InChI is InChI=1S/C28H27Cl2FN6O3/c1-38-27(32)23-10-22-25(11-33-23)37(12-19-5-7-39-19)26(34-22)14-36-6-4-16-8-20(30)28(35-24(16)13-36)40-15-17-2-3-18(29)9-21(17)31/h2-3,8-11,19,32H,4-7,12-15H2,1H3/t19-/m0/s1. The molecule has 0 bridgehead atoms. The molecule has 2 aliphatic heterocycles. The van der Waals surface area contributed by atoms with Crippen LogP contribution in [0.1, 0.15) is 34.8 Å². The molecule has 0 amide bonds. The molecule has 0 saturated carbocycles.